The Kier molecular flexibility index (Phi) is 3.70. The number of aromatic hydroxyl groups is 1. The van der Waals surface area contributed by atoms with Crippen LogP contribution in [-0.2, 0) is 0 Å². The fraction of sp³-hybridized carbons (Fsp3) is 0.118. The number of hydrogen-bond acceptors (Lipinski definition) is 5. The van der Waals surface area contributed by atoms with Crippen molar-refractivity contribution in [1.29, 1.82) is 0 Å². The number of hydrogen-bond donors (Lipinski definition) is 1. The third-order valence-corrected chi connectivity index (χ3v) is 3.29. The van der Waals surface area contributed by atoms with E-state index in [1.54, 1.807) is 24.3 Å². The largest absolute Gasteiger partial charge is 0.507 e. The molecule has 0 saturated carbocycles. The Hall–Kier alpha value is -2.95. The molecule has 0 amide bonds. The lowest BCUT2D eigenvalue weighted by atomic mass is 10.1. The Balaban J connectivity index is 1.79. The van der Waals surface area contributed by atoms with Gasteiger partial charge in [-0.2, -0.15) is 0 Å². The molecule has 1 aliphatic rings. The molecule has 0 spiro atoms. The van der Waals surface area contributed by atoms with Gasteiger partial charge in [0.25, 0.3) is 0 Å². The minimum absolute atomic E-state index is 0.111. The van der Waals surface area contributed by atoms with Crippen molar-refractivity contribution in [3.63, 3.8) is 0 Å². The Morgan fingerprint density at radius 2 is 2.00 bits per heavy atom. The molecular weight excluding hydrogens is 284 g/mol. The van der Waals surface area contributed by atoms with E-state index < -0.39 is 0 Å². The van der Waals surface area contributed by atoms with Gasteiger partial charge in [0.2, 0.25) is 6.79 Å². The highest BCUT2D eigenvalue weighted by molar-refractivity contribution is 6.08. The zero-order chi connectivity index (χ0) is 15.5. The molecular formula is C17H14O5. The van der Waals surface area contributed by atoms with E-state index in [1.165, 1.54) is 25.3 Å². The molecule has 0 bridgehead atoms. The van der Waals surface area contributed by atoms with E-state index in [1.807, 2.05) is 6.07 Å². The quantitative estimate of drug-likeness (QED) is 0.694. The van der Waals surface area contributed by atoms with E-state index in [9.17, 15) is 9.90 Å². The van der Waals surface area contributed by atoms with E-state index in [2.05, 4.69) is 0 Å². The van der Waals surface area contributed by atoms with Gasteiger partial charge in [-0.25, -0.2) is 0 Å². The highest BCUT2D eigenvalue weighted by Crippen LogP contribution is 2.33. The molecule has 2 aromatic rings. The van der Waals surface area contributed by atoms with Crippen LogP contribution in [0.5, 0.6) is 23.0 Å². The highest BCUT2D eigenvalue weighted by atomic mass is 16.7. The predicted octanol–water partition coefficient (Wildman–Crippen LogP) is 3.03. The lowest BCUT2D eigenvalue weighted by Gasteiger charge is -2.04. The van der Waals surface area contributed by atoms with Gasteiger partial charge < -0.3 is 19.3 Å². The van der Waals surface area contributed by atoms with Crippen molar-refractivity contribution < 1.29 is 24.1 Å². The minimum Gasteiger partial charge on any atom is -0.507 e. The molecule has 22 heavy (non-hydrogen) atoms. The fourth-order valence-corrected chi connectivity index (χ4v) is 2.13. The van der Waals surface area contributed by atoms with E-state index in [-0.39, 0.29) is 23.9 Å². The summed E-state index contributed by atoms with van der Waals surface area (Å²) in [6.07, 6.45) is 3.06. The van der Waals surface area contributed by atoms with Gasteiger partial charge in [-0.3, -0.25) is 4.79 Å². The molecule has 0 saturated heterocycles. The molecule has 0 aliphatic carbocycles. The second-order valence-electron chi connectivity index (χ2n) is 4.69. The van der Waals surface area contributed by atoms with Crippen molar-refractivity contribution in [3.8, 4) is 23.0 Å². The monoisotopic (exact) mass is 298 g/mol. The lowest BCUT2D eigenvalue weighted by molar-refractivity contribution is 0.104. The highest BCUT2D eigenvalue weighted by Gasteiger charge is 2.13. The zero-order valence-corrected chi connectivity index (χ0v) is 11.9. The van der Waals surface area contributed by atoms with Crippen LogP contribution in [0.25, 0.3) is 6.08 Å². The summed E-state index contributed by atoms with van der Waals surface area (Å²) in [6, 6.07) is 9.96. The number of fused-ring (bicyclic) bond motifs is 1. The molecule has 0 radical (unpaired) electrons. The van der Waals surface area contributed by atoms with Gasteiger partial charge in [0.05, 0.1) is 12.7 Å². The summed E-state index contributed by atoms with van der Waals surface area (Å²) in [5.41, 5.74) is 1.03. The number of ether oxygens (including phenoxy) is 3. The molecule has 0 unspecified atom stereocenters. The van der Waals surface area contributed by atoms with Crippen molar-refractivity contribution >= 4 is 11.9 Å². The van der Waals surface area contributed by atoms with Gasteiger partial charge in [-0.15, -0.1) is 0 Å². The Morgan fingerprint density at radius 1 is 1.18 bits per heavy atom. The molecule has 1 aliphatic heterocycles. The molecule has 0 atom stereocenters. The van der Waals surface area contributed by atoms with Crippen LogP contribution in [0.1, 0.15) is 15.9 Å². The first kappa shape index (κ1) is 14.0. The number of phenols is 1. The molecule has 0 fully saturated rings. The normalized spacial score (nSPS) is 12.6. The van der Waals surface area contributed by atoms with Crippen LogP contribution in [0.4, 0.5) is 0 Å². The third kappa shape index (κ3) is 2.74. The summed E-state index contributed by atoms with van der Waals surface area (Å²) in [5, 5.41) is 9.85. The summed E-state index contributed by atoms with van der Waals surface area (Å²) >= 11 is 0. The van der Waals surface area contributed by atoms with Crippen LogP contribution in [-0.4, -0.2) is 24.8 Å². The number of carbonyl (C=O) groups is 1. The first-order valence-corrected chi connectivity index (χ1v) is 6.66. The maximum absolute atomic E-state index is 12.1. The average Bonchev–Trinajstić information content (AvgIpc) is 3.00. The molecule has 112 valence electrons. The number of methoxy groups -OCH3 is 1. The average molecular weight is 298 g/mol. The maximum atomic E-state index is 12.1. The van der Waals surface area contributed by atoms with Crippen molar-refractivity contribution in [2.75, 3.05) is 13.9 Å². The summed E-state index contributed by atoms with van der Waals surface area (Å²) in [7, 11) is 1.50. The van der Waals surface area contributed by atoms with Crippen LogP contribution in [0.15, 0.2) is 42.5 Å². The molecule has 1 heterocycles. The number of carbonyl (C=O) groups excluding carboxylic acids is 1. The Morgan fingerprint density at radius 3 is 2.77 bits per heavy atom. The van der Waals surface area contributed by atoms with Gasteiger partial charge in [0.1, 0.15) is 11.5 Å². The number of ketones is 1. The summed E-state index contributed by atoms with van der Waals surface area (Å²) in [6.45, 7) is 0.209. The molecule has 2 aromatic carbocycles. The number of rotatable bonds is 4. The SMILES string of the molecule is COc1ccc(C(=O)/C=C\c2ccc3c(c2)OCO3)c(O)c1. The summed E-state index contributed by atoms with van der Waals surface area (Å²) in [5.74, 6) is 1.43. The number of allylic oxidation sites excluding steroid dienone is 1. The third-order valence-electron chi connectivity index (χ3n) is 3.29. The first-order chi connectivity index (χ1) is 10.7. The summed E-state index contributed by atoms with van der Waals surface area (Å²) < 4.78 is 15.5. The molecule has 1 N–H and O–H groups in total. The van der Waals surface area contributed by atoms with Crippen LogP contribution >= 0.6 is 0 Å². The first-order valence-electron chi connectivity index (χ1n) is 6.66. The smallest absolute Gasteiger partial charge is 0.231 e. The number of benzene rings is 2. The van der Waals surface area contributed by atoms with Crippen LogP contribution in [0.2, 0.25) is 0 Å². The molecule has 0 aromatic heterocycles. The van der Waals surface area contributed by atoms with Gasteiger partial charge >= 0.3 is 0 Å². The van der Waals surface area contributed by atoms with E-state index in [0.717, 1.165) is 5.56 Å². The van der Waals surface area contributed by atoms with Crippen molar-refractivity contribution in [2.45, 2.75) is 0 Å². The van der Waals surface area contributed by atoms with Gasteiger partial charge in [-0.05, 0) is 35.9 Å². The van der Waals surface area contributed by atoms with Gasteiger partial charge in [0.15, 0.2) is 17.3 Å². The minimum atomic E-state index is -0.294. The Bertz CT molecular complexity index is 749. The standard InChI is InChI=1S/C17H14O5/c1-20-12-4-5-13(15(19)9-12)14(18)6-2-11-3-7-16-17(8-11)22-10-21-16/h2-9,19H,10H2,1H3/b6-2-. The zero-order valence-electron chi connectivity index (χ0n) is 11.9. The second-order valence-corrected chi connectivity index (χ2v) is 4.69. The predicted molar refractivity (Wildman–Crippen MR) is 80.6 cm³/mol. The van der Waals surface area contributed by atoms with Crippen LogP contribution < -0.4 is 14.2 Å². The van der Waals surface area contributed by atoms with Gasteiger partial charge in [-0.1, -0.05) is 12.1 Å². The van der Waals surface area contributed by atoms with Crippen molar-refractivity contribution in [2.24, 2.45) is 0 Å². The number of phenolic OH excluding ortho intramolecular Hbond substituents is 1. The summed E-state index contributed by atoms with van der Waals surface area (Å²) in [4.78, 5) is 12.1. The fourth-order valence-electron chi connectivity index (χ4n) is 2.13. The van der Waals surface area contributed by atoms with Crippen molar-refractivity contribution in [1.82, 2.24) is 0 Å². The second kappa shape index (κ2) is 5.81. The topological polar surface area (TPSA) is 65.0 Å². The van der Waals surface area contributed by atoms with E-state index in [0.29, 0.717) is 17.2 Å². The maximum Gasteiger partial charge on any atom is 0.231 e. The van der Waals surface area contributed by atoms with Crippen LogP contribution in [0, 0.1) is 0 Å². The molecule has 5 heteroatoms. The Labute approximate surface area is 127 Å². The van der Waals surface area contributed by atoms with E-state index in [4.69, 9.17) is 14.2 Å². The van der Waals surface area contributed by atoms with E-state index >= 15 is 0 Å². The van der Waals surface area contributed by atoms with Crippen molar-refractivity contribution in [3.05, 3.63) is 53.6 Å². The molecule has 5 nitrogen and oxygen atoms in total. The lowest BCUT2D eigenvalue weighted by Crippen LogP contribution is -1.95. The van der Waals surface area contributed by atoms with Crippen LogP contribution in [0.3, 0.4) is 0 Å². The molecule has 3 rings (SSSR count). The van der Waals surface area contributed by atoms with Gasteiger partial charge in [0, 0.05) is 6.07 Å².